The van der Waals surface area contributed by atoms with Gasteiger partial charge in [-0.3, -0.25) is 0 Å². The molecule has 0 aliphatic heterocycles. The van der Waals surface area contributed by atoms with Crippen LogP contribution in [0.2, 0.25) is 0 Å². The molecule has 0 atom stereocenters. The molecule has 6 nitrogen and oxygen atoms in total. The number of aromatic carboxylic acids is 1. The summed E-state index contributed by atoms with van der Waals surface area (Å²) in [6.45, 7) is 3.40. The van der Waals surface area contributed by atoms with Gasteiger partial charge in [0, 0.05) is 11.1 Å². The molecule has 1 heterocycles. The second-order valence-corrected chi connectivity index (χ2v) is 8.25. The topological polar surface area (TPSA) is 93.8 Å². The molecule has 8 heteroatoms. The fraction of sp³-hybridized carbons (Fsp3) is 0.136. The molecule has 1 N–H and O–H groups in total. The van der Waals surface area contributed by atoms with Gasteiger partial charge >= 0.3 is 5.97 Å². The maximum atomic E-state index is 12.0. The maximum Gasteiger partial charge on any atom is 0.339 e. The zero-order chi connectivity index (χ0) is 22.1. The highest BCUT2D eigenvalue weighted by molar-refractivity contribution is 7.90. The molecular weight excluding hydrogens is 411 g/mol. The van der Waals surface area contributed by atoms with E-state index in [9.17, 15) is 22.7 Å². The molecule has 0 bridgehead atoms. The standard InChI is InChI=1S/C16H16O6S.C6H5F/c1-3-8-23(19,20)10-12-4-5-13(11-6-7-22-9-11)15(21-2)14(12)16(17)18;7-6-4-2-1-3-5-6/h3-7,9H,1,8,10H2,2H3,(H,17,18);1-5H. The molecule has 3 rings (SSSR count). The Morgan fingerprint density at radius 2 is 1.90 bits per heavy atom. The number of sulfone groups is 1. The Kier molecular flexibility index (Phi) is 7.94. The lowest BCUT2D eigenvalue weighted by Gasteiger charge is -2.14. The number of carbonyl (C=O) groups is 1. The summed E-state index contributed by atoms with van der Waals surface area (Å²) < 4.78 is 46.1. The van der Waals surface area contributed by atoms with Gasteiger partial charge in [-0.15, -0.1) is 6.58 Å². The van der Waals surface area contributed by atoms with Crippen LogP contribution in [0.3, 0.4) is 0 Å². The van der Waals surface area contributed by atoms with Crippen molar-refractivity contribution in [2.45, 2.75) is 5.75 Å². The molecule has 0 amide bonds. The summed E-state index contributed by atoms with van der Waals surface area (Å²) in [5, 5.41) is 9.51. The molecule has 0 radical (unpaired) electrons. The average molecular weight is 432 g/mol. The van der Waals surface area contributed by atoms with E-state index in [-0.39, 0.29) is 28.4 Å². The molecule has 158 valence electrons. The van der Waals surface area contributed by atoms with Gasteiger partial charge in [-0.2, -0.15) is 0 Å². The van der Waals surface area contributed by atoms with Crippen LogP contribution < -0.4 is 4.74 Å². The van der Waals surface area contributed by atoms with Gasteiger partial charge in [0.25, 0.3) is 0 Å². The SMILES string of the molecule is C=CCS(=O)(=O)Cc1ccc(-c2ccoc2)c(OC)c1C(=O)O.Fc1ccccc1. The van der Waals surface area contributed by atoms with E-state index < -0.39 is 21.6 Å². The quantitative estimate of drug-likeness (QED) is 0.549. The minimum absolute atomic E-state index is 0.102. The number of hydrogen-bond donors (Lipinski definition) is 1. The van der Waals surface area contributed by atoms with E-state index in [1.807, 2.05) is 0 Å². The Bertz CT molecular complexity index is 1090. The molecule has 0 fully saturated rings. The van der Waals surface area contributed by atoms with Crippen molar-refractivity contribution in [1.29, 1.82) is 0 Å². The first-order valence-corrected chi connectivity index (χ1v) is 10.6. The Hall–Kier alpha value is -3.39. The van der Waals surface area contributed by atoms with Crippen molar-refractivity contribution in [2.75, 3.05) is 12.9 Å². The minimum atomic E-state index is -3.49. The summed E-state index contributed by atoms with van der Waals surface area (Å²) in [6.07, 6.45) is 4.18. The van der Waals surface area contributed by atoms with Crippen LogP contribution >= 0.6 is 0 Å². The van der Waals surface area contributed by atoms with E-state index in [0.717, 1.165) is 0 Å². The molecule has 0 spiro atoms. The van der Waals surface area contributed by atoms with Crippen molar-refractivity contribution in [1.82, 2.24) is 0 Å². The average Bonchev–Trinajstić information content (AvgIpc) is 3.22. The van der Waals surface area contributed by atoms with Crippen LogP contribution in [0.5, 0.6) is 5.75 Å². The first kappa shape index (κ1) is 22.9. The highest BCUT2D eigenvalue weighted by Gasteiger charge is 2.24. The highest BCUT2D eigenvalue weighted by atomic mass is 32.2. The number of hydrogen-bond acceptors (Lipinski definition) is 5. The highest BCUT2D eigenvalue weighted by Crippen LogP contribution is 2.36. The van der Waals surface area contributed by atoms with E-state index in [0.29, 0.717) is 11.1 Å². The second kappa shape index (κ2) is 10.4. The molecular formula is C22H21FO6S. The lowest BCUT2D eigenvalue weighted by molar-refractivity contribution is 0.0692. The minimum Gasteiger partial charge on any atom is -0.495 e. The molecule has 0 saturated carbocycles. The first-order chi connectivity index (χ1) is 14.3. The van der Waals surface area contributed by atoms with Gasteiger partial charge in [0.05, 0.1) is 31.1 Å². The number of ether oxygens (including phenoxy) is 1. The van der Waals surface area contributed by atoms with E-state index in [4.69, 9.17) is 9.15 Å². The van der Waals surface area contributed by atoms with E-state index >= 15 is 0 Å². The van der Waals surface area contributed by atoms with Crippen molar-refractivity contribution < 1.29 is 31.9 Å². The van der Waals surface area contributed by atoms with Gasteiger partial charge in [0.15, 0.2) is 9.84 Å². The Labute approximate surface area is 174 Å². The van der Waals surface area contributed by atoms with Crippen LogP contribution in [0.1, 0.15) is 15.9 Å². The smallest absolute Gasteiger partial charge is 0.339 e. The molecule has 0 aliphatic rings. The fourth-order valence-electron chi connectivity index (χ4n) is 2.73. The monoisotopic (exact) mass is 432 g/mol. The lowest BCUT2D eigenvalue weighted by atomic mass is 9.99. The normalized spacial score (nSPS) is 10.6. The predicted octanol–water partition coefficient (Wildman–Crippen LogP) is 4.58. The Morgan fingerprint density at radius 1 is 1.20 bits per heavy atom. The molecule has 3 aromatic rings. The van der Waals surface area contributed by atoms with Crippen molar-refractivity contribution >= 4 is 15.8 Å². The molecule has 0 aliphatic carbocycles. The summed E-state index contributed by atoms with van der Waals surface area (Å²) in [4.78, 5) is 11.6. The van der Waals surface area contributed by atoms with Crippen LogP contribution in [-0.4, -0.2) is 32.4 Å². The van der Waals surface area contributed by atoms with Gasteiger partial charge in [-0.25, -0.2) is 17.6 Å². The molecule has 0 unspecified atom stereocenters. The van der Waals surface area contributed by atoms with Gasteiger partial charge in [0.1, 0.15) is 17.1 Å². The van der Waals surface area contributed by atoms with Crippen molar-refractivity contribution in [3.05, 3.63) is 90.7 Å². The van der Waals surface area contributed by atoms with Crippen LogP contribution in [-0.2, 0) is 15.6 Å². The Balaban J connectivity index is 0.000000386. The number of halogens is 1. The number of carboxylic acids is 1. The molecule has 1 aromatic heterocycles. The second-order valence-electron chi connectivity index (χ2n) is 6.14. The summed E-state index contributed by atoms with van der Waals surface area (Å²) in [6, 6.07) is 12.7. The third-order valence-electron chi connectivity index (χ3n) is 3.97. The number of furan rings is 1. The molecule has 0 saturated heterocycles. The molecule has 2 aromatic carbocycles. The van der Waals surface area contributed by atoms with Crippen LogP contribution in [0.25, 0.3) is 11.1 Å². The summed E-state index contributed by atoms with van der Waals surface area (Å²) in [5.41, 5.74) is 1.16. The first-order valence-electron chi connectivity index (χ1n) is 8.76. The predicted molar refractivity (Wildman–Crippen MR) is 112 cm³/mol. The third kappa shape index (κ3) is 6.05. The Morgan fingerprint density at radius 3 is 2.37 bits per heavy atom. The van der Waals surface area contributed by atoms with Gasteiger partial charge in [-0.1, -0.05) is 36.4 Å². The van der Waals surface area contributed by atoms with Crippen LogP contribution in [0, 0.1) is 5.82 Å². The lowest BCUT2D eigenvalue weighted by Crippen LogP contribution is -2.13. The van der Waals surface area contributed by atoms with Crippen LogP contribution in [0.4, 0.5) is 4.39 Å². The third-order valence-corrected chi connectivity index (χ3v) is 5.47. The number of carboxylic acid groups (broad SMARTS) is 1. The zero-order valence-electron chi connectivity index (χ0n) is 16.2. The largest absolute Gasteiger partial charge is 0.495 e. The van der Waals surface area contributed by atoms with Crippen LogP contribution in [0.15, 0.2) is 78.1 Å². The maximum absolute atomic E-state index is 12.0. The van der Waals surface area contributed by atoms with E-state index in [1.165, 1.54) is 43.9 Å². The number of methoxy groups -OCH3 is 1. The number of benzene rings is 2. The van der Waals surface area contributed by atoms with Crippen molar-refractivity contribution in [2.24, 2.45) is 0 Å². The van der Waals surface area contributed by atoms with E-state index in [2.05, 4.69) is 6.58 Å². The summed E-state index contributed by atoms with van der Waals surface area (Å²) >= 11 is 0. The molecule has 30 heavy (non-hydrogen) atoms. The number of rotatable bonds is 7. The summed E-state index contributed by atoms with van der Waals surface area (Å²) in [7, 11) is -2.15. The fourth-order valence-corrected chi connectivity index (χ4v) is 3.92. The van der Waals surface area contributed by atoms with Gasteiger partial charge < -0.3 is 14.3 Å². The van der Waals surface area contributed by atoms with Crippen molar-refractivity contribution in [3.8, 4) is 16.9 Å². The zero-order valence-corrected chi connectivity index (χ0v) is 17.1. The van der Waals surface area contributed by atoms with Crippen molar-refractivity contribution in [3.63, 3.8) is 0 Å². The van der Waals surface area contributed by atoms with E-state index in [1.54, 1.807) is 30.3 Å². The van der Waals surface area contributed by atoms with Gasteiger partial charge in [0.2, 0.25) is 0 Å². The summed E-state index contributed by atoms with van der Waals surface area (Å²) in [5.74, 6) is -1.95. The van der Waals surface area contributed by atoms with Gasteiger partial charge in [-0.05, 0) is 23.8 Å².